The minimum Gasteiger partial charge on any atom is -0.756 e. The van der Waals surface area contributed by atoms with Crippen molar-refractivity contribution >= 4 is 19.8 Å². The molecule has 10 heteroatoms. The molecular formula is C51H92NO8P. The summed E-state index contributed by atoms with van der Waals surface area (Å²) < 4.78 is 33.9. The van der Waals surface area contributed by atoms with Crippen LogP contribution in [-0.2, 0) is 32.7 Å². The number of ether oxygens (including phenoxy) is 2. The Morgan fingerprint density at radius 1 is 0.508 bits per heavy atom. The van der Waals surface area contributed by atoms with E-state index in [1.807, 2.05) is 33.3 Å². The average molecular weight is 878 g/mol. The number of nitrogens with zero attached hydrogens (tertiary/aromatic N) is 1. The third kappa shape index (κ3) is 47.0. The van der Waals surface area contributed by atoms with E-state index < -0.39 is 32.5 Å². The van der Waals surface area contributed by atoms with Gasteiger partial charge in [-0.2, -0.15) is 0 Å². The first-order chi connectivity index (χ1) is 29.5. The highest BCUT2D eigenvalue weighted by atomic mass is 31.2. The number of hydrogen-bond acceptors (Lipinski definition) is 8. The van der Waals surface area contributed by atoms with Gasteiger partial charge in [0.15, 0.2) is 6.10 Å². The maximum atomic E-state index is 12.7. The fourth-order valence-corrected chi connectivity index (χ4v) is 7.19. The lowest BCUT2D eigenvalue weighted by molar-refractivity contribution is -0.870. The van der Waals surface area contributed by atoms with E-state index in [1.165, 1.54) is 122 Å². The lowest BCUT2D eigenvalue weighted by Gasteiger charge is -2.28. The summed E-state index contributed by atoms with van der Waals surface area (Å²) in [7, 11) is 1.12. The van der Waals surface area contributed by atoms with E-state index in [2.05, 4.69) is 62.5 Å². The highest BCUT2D eigenvalue weighted by molar-refractivity contribution is 7.45. The SMILES string of the molecule is CCCCC/C=C/C/C=C/C/C=C/C/C=C/C/C=C/CCC(=O)O[C@H](COC(=O)CCCCCCCCCCCCCCCCCCCC)COP(=O)([O-])OCC[N+](C)(C)C. The molecule has 9 nitrogen and oxygen atoms in total. The van der Waals surface area contributed by atoms with E-state index in [4.69, 9.17) is 18.5 Å². The topological polar surface area (TPSA) is 111 Å². The normalized spacial score (nSPS) is 14.0. The molecule has 0 fully saturated rings. The van der Waals surface area contributed by atoms with Crippen molar-refractivity contribution in [1.82, 2.24) is 0 Å². The summed E-state index contributed by atoms with van der Waals surface area (Å²) >= 11 is 0. The minimum atomic E-state index is -4.65. The van der Waals surface area contributed by atoms with Gasteiger partial charge in [0.2, 0.25) is 0 Å². The maximum absolute atomic E-state index is 12.7. The van der Waals surface area contributed by atoms with E-state index in [-0.39, 0.29) is 26.1 Å². The monoisotopic (exact) mass is 878 g/mol. The Morgan fingerprint density at radius 3 is 1.38 bits per heavy atom. The Balaban J connectivity index is 4.40. The molecule has 0 N–H and O–H groups in total. The molecule has 2 atom stereocenters. The number of quaternary nitrogens is 1. The number of hydrogen-bond donors (Lipinski definition) is 0. The van der Waals surface area contributed by atoms with E-state index in [0.29, 0.717) is 17.4 Å². The molecule has 0 aliphatic heterocycles. The van der Waals surface area contributed by atoms with Crippen LogP contribution in [0.1, 0.15) is 200 Å². The van der Waals surface area contributed by atoms with Gasteiger partial charge in [0.1, 0.15) is 19.8 Å². The molecule has 0 aliphatic rings. The quantitative estimate of drug-likeness (QED) is 0.0196. The Morgan fingerprint density at radius 2 is 0.918 bits per heavy atom. The first-order valence-corrected chi connectivity index (χ1v) is 26.0. The summed E-state index contributed by atoms with van der Waals surface area (Å²) in [6.07, 6.45) is 52.6. The van der Waals surface area contributed by atoms with Crippen molar-refractivity contribution in [3.05, 3.63) is 60.8 Å². The number of allylic oxidation sites excluding steroid dienone is 10. The number of carbonyl (C=O) groups is 2. The largest absolute Gasteiger partial charge is 0.756 e. The number of carbonyl (C=O) groups excluding carboxylic acids is 2. The molecule has 0 heterocycles. The molecule has 354 valence electrons. The molecule has 61 heavy (non-hydrogen) atoms. The number of unbranched alkanes of at least 4 members (excludes halogenated alkanes) is 20. The molecule has 0 aromatic rings. The van der Waals surface area contributed by atoms with Crippen LogP contribution in [0.5, 0.6) is 0 Å². The number of rotatable bonds is 44. The predicted octanol–water partition coefficient (Wildman–Crippen LogP) is 13.8. The highest BCUT2D eigenvalue weighted by Crippen LogP contribution is 2.38. The molecule has 0 aromatic heterocycles. The van der Waals surface area contributed by atoms with E-state index in [0.717, 1.165) is 44.9 Å². The summed E-state index contributed by atoms with van der Waals surface area (Å²) in [5.74, 6) is -0.927. The lowest BCUT2D eigenvalue weighted by atomic mass is 10.0. The summed E-state index contributed by atoms with van der Waals surface area (Å²) in [4.78, 5) is 37.6. The summed E-state index contributed by atoms with van der Waals surface area (Å²) in [5, 5.41) is 0. The van der Waals surface area contributed by atoms with Crippen molar-refractivity contribution in [2.75, 3.05) is 47.5 Å². The van der Waals surface area contributed by atoms with Crippen molar-refractivity contribution in [3.8, 4) is 0 Å². The molecular weight excluding hydrogens is 786 g/mol. The second kappa shape index (κ2) is 43.0. The molecule has 1 unspecified atom stereocenters. The maximum Gasteiger partial charge on any atom is 0.306 e. The van der Waals surface area contributed by atoms with Gasteiger partial charge in [0, 0.05) is 12.8 Å². The van der Waals surface area contributed by atoms with Crippen molar-refractivity contribution in [2.45, 2.75) is 206 Å². The van der Waals surface area contributed by atoms with E-state index >= 15 is 0 Å². The van der Waals surface area contributed by atoms with Crippen LogP contribution >= 0.6 is 7.82 Å². The van der Waals surface area contributed by atoms with Gasteiger partial charge >= 0.3 is 11.9 Å². The third-order valence-corrected chi connectivity index (χ3v) is 11.3. The van der Waals surface area contributed by atoms with Gasteiger partial charge in [0.05, 0.1) is 27.7 Å². The van der Waals surface area contributed by atoms with Crippen molar-refractivity contribution in [3.63, 3.8) is 0 Å². The van der Waals surface area contributed by atoms with Gasteiger partial charge in [-0.1, -0.05) is 197 Å². The van der Waals surface area contributed by atoms with Crippen LogP contribution in [0.3, 0.4) is 0 Å². The zero-order valence-electron chi connectivity index (χ0n) is 39.8. The van der Waals surface area contributed by atoms with E-state index in [1.54, 1.807) is 0 Å². The number of phosphoric acid groups is 1. The van der Waals surface area contributed by atoms with Crippen LogP contribution in [0.2, 0.25) is 0 Å². The fraction of sp³-hybridized carbons (Fsp3) is 0.765. The molecule has 0 aromatic carbocycles. The molecule has 0 amide bonds. The van der Waals surface area contributed by atoms with Crippen molar-refractivity contribution in [1.29, 1.82) is 0 Å². The van der Waals surface area contributed by atoms with Crippen LogP contribution in [0.4, 0.5) is 0 Å². The Kier molecular flexibility index (Phi) is 41.4. The van der Waals surface area contributed by atoms with Gasteiger partial charge in [-0.25, -0.2) is 0 Å². The van der Waals surface area contributed by atoms with Crippen LogP contribution in [-0.4, -0.2) is 70.0 Å². The fourth-order valence-electron chi connectivity index (χ4n) is 6.46. The summed E-state index contributed by atoms with van der Waals surface area (Å²) in [6, 6.07) is 0. The molecule has 0 rings (SSSR count). The Bertz CT molecular complexity index is 1220. The lowest BCUT2D eigenvalue weighted by Crippen LogP contribution is -2.37. The highest BCUT2D eigenvalue weighted by Gasteiger charge is 2.21. The molecule has 0 saturated heterocycles. The second-order valence-corrected chi connectivity index (χ2v) is 18.9. The van der Waals surface area contributed by atoms with Gasteiger partial charge in [-0.15, -0.1) is 0 Å². The number of likely N-dealkylation sites (N-methyl/N-ethyl adjacent to an activating group) is 1. The zero-order valence-corrected chi connectivity index (χ0v) is 40.7. The first kappa shape index (κ1) is 58.7. The van der Waals surface area contributed by atoms with Gasteiger partial charge in [-0.3, -0.25) is 14.2 Å². The first-order valence-electron chi connectivity index (χ1n) is 24.5. The van der Waals surface area contributed by atoms with Gasteiger partial charge in [-0.05, 0) is 51.4 Å². The van der Waals surface area contributed by atoms with Gasteiger partial charge in [0.25, 0.3) is 7.82 Å². The van der Waals surface area contributed by atoms with Crippen LogP contribution < -0.4 is 4.89 Å². The second-order valence-electron chi connectivity index (χ2n) is 17.5. The van der Waals surface area contributed by atoms with Crippen LogP contribution in [0.15, 0.2) is 60.8 Å². The molecule has 0 spiro atoms. The smallest absolute Gasteiger partial charge is 0.306 e. The number of esters is 2. The number of phosphoric ester groups is 1. The van der Waals surface area contributed by atoms with Crippen LogP contribution in [0.25, 0.3) is 0 Å². The van der Waals surface area contributed by atoms with E-state index in [9.17, 15) is 19.0 Å². The zero-order chi connectivity index (χ0) is 45.0. The molecule has 0 radical (unpaired) electrons. The van der Waals surface area contributed by atoms with Crippen molar-refractivity contribution < 1.29 is 42.1 Å². The standard InChI is InChI=1S/C51H92NO8P/c1-6-8-10-12-14-16-18-20-22-24-26-28-30-32-34-36-38-40-42-44-51(54)60-49(48-59-61(55,56)58-46-45-52(3,4)5)47-57-50(53)43-41-39-37-35-33-31-29-27-25-23-21-19-17-15-13-11-9-7-2/h14,16,20,22,26,28,32,34,38,40,49H,6-13,15,17-19,21,23-25,27,29-31,33,35-37,39,41-48H2,1-5H3/b16-14+,22-20+,28-26+,34-32+,40-38+/t49-/m1/s1. The Hall–Kier alpha value is -2.29. The molecule has 0 saturated carbocycles. The predicted molar refractivity (Wildman–Crippen MR) is 254 cm³/mol. The van der Waals surface area contributed by atoms with Gasteiger partial charge < -0.3 is 27.9 Å². The summed E-state index contributed by atoms with van der Waals surface area (Å²) in [5.41, 5.74) is 0. The van der Waals surface area contributed by atoms with Crippen molar-refractivity contribution in [2.24, 2.45) is 0 Å². The van der Waals surface area contributed by atoms with Crippen LogP contribution in [0, 0.1) is 0 Å². The molecule has 0 aliphatic carbocycles. The minimum absolute atomic E-state index is 0.0451. The third-order valence-electron chi connectivity index (χ3n) is 10.3. The summed E-state index contributed by atoms with van der Waals surface area (Å²) in [6.45, 7) is 4.13. The molecule has 0 bridgehead atoms. The Labute approximate surface area is 375 Å². The average Bonchev–Trinajstić information content (AvgIpc) is 3.21.